The van der Waals surface area contributed by atoms with Gasteiger partial charge >= 0.3 is 0 Å². The summed E-state index contributed by atoms with van der Waals surface area (Å²) in [5.74, 6) is 0. The molecular weight excluding hydrogens is 192 g/mol. The molecule has 3 heteroatoms. The number of nitrogen functional groups attached to an aromatic ring is 1. The Labute approximate surface area is 89.1 Å². The predicted octanol–water partition coefficient (Wildman–Crippen LogP) is 3.03. The number of para-hydroxylation sites is 1. The standard InChI is InChI=1S/C11H14N2S/c1-3-8(2)14-10-6-4-5-9(7-12)11(10)13/h4-6,8H,3,13H2,1-2H3. The lowest BCUT2D eigenvalue weighted by Crippen LogP contribution is -1.97. The van der Waals surface area contributed by atoms with Gasteiger partial charge in [-0.25, -0.2) is 0 Å². The molecule has 0 aliphatic carbocycles. The molecule has 0 saturated heterocycles. The van der Waals surface area contributed by atoms with E-state index >= 15 is 0 Å². The van der Waals surface area contributed by atoms with Crippen molar-refractivity contribution in [1.82, 2.24) is 0 Å². The van der Waals surface area contributed by atoms with Gasteiger partial charge in [-0.05, 0) is 18.6 Å². The van der Waals surface area contributed by atoms with Crippen molar-refractivity contribution in [2.75, 3.05) is 5.73 Å². The van der Waals surface area contributed by atoms with Crippen LogP contribution in [-0.4, -0.2) is 5.25 Å². The molecule has 0 saturated carbocycles. The first-order valence-electron chi connectivity index (χ1n) is 4.64. The molecule has 0 heterocycles. The number of thioether (sulfide) groups is 1. The lowest BCUT2D eigenvalue weighted by Gasteiger charge is -2.10. The van der Waals surface area contributed by atoms with Crippen LogP contribution in [-0.2, 0) is 0 Å². The molecule has 0 bridgehead atoms. The summed E-state index contributed by atoms with van der Waals surface area (Å²) in [6.45, 7) is 4.30. The quantitative estimate of drug-likeness (QED) is 0.611. The van der Waals surface area contributed by atoms with E-state index < -0.39 is 0 Å². The summed E-state index contributed by atoms with van der Waals surface area (Å²) in [5.41, 5.74) is 7.03. The molecule has 1 aromatic carbocycles. The Morgan fingerprint density at radius 2 is 2.29 bits per heavy atom. The second-order valence-corrected chi connectivity index (χ2v) is 4.65. The summed E-state index contributed by atoms with van der Waals surface area (Å²) in [7, 11) is 0. The van der Waals surface area contributed by atoms with Gasteiger partial charge in [-0.3, -0.25) is 0 Å². The van der Waals surface area contributed by atoms with E-state index in [1.807, 2.05) is 12.1 Å². The minimum atomic E-state index is 0.534. The Morgan fingerprint density at radius 1 is 1.57 bits per heavy atom. The topological polar surface area (TPSA) is 49.8 Å². The van der Waals surface area contributed by atoms with E-state index in [1.165, 1.54) is 0 Å². The van der Waals surface area contributed by atoms with Crippen LogP contribution in [0, 0.1) is 11.3 Å². The van der Waals surface area contributed by atoms with Crippen molar-refractivity contribution in [2.45, 2.75) is 30.4 Å². The number of anilines is 1. The van der Waals surface area contributed by atoms with Gasteiger partial charge in [0.05, 0.1) is 11.3 Å². The molecule has 2 N–H and O–H groups in total. The molecule has 1 rings (SSSR count). The first kappa shape index (κ1) is 10.9. The smallest absolute Gasteiger partial charge is 0.101 e. The molecule has 2 nitrogen and oxygen atoms in total. The van der Waals surface area contributed by atoms with Gasteiger partial charge in [0.1, 0.15) is 6.07 Å². The number of nitrogens with two attached hydrogens (primary N) is 1. The molecular formula is C11H14N2S. The number of benzene rings is 1. The normalized spacial score (nSPS) is 12.1. The van der Waals surface area contributed by atoms with Crippen molar-refractivity contribution < 1.29 is 0 Å². The zero-order valence-electron chi connectivity index (χ0n) is 8.45. The third-order valence-electron chi connectivity index (χ3n) is 2.09. The van der Waals surface area contributed by atoms with Gasteiger partial charge in [0.25, 0.3) is 0 Å². The van der Waals surface area contributed by atoms with E-state index in [-0.39, 0.29) is 0 Å². The molecule has 0 spiro atoms. The minimum absolute atomic E-state index is 0.534. The van der Waals surface area contributed by atoms with Crippen molar-refractivity contribution in [2.24, 2.45) is 0 Å². The highest BCUT2D eigenvalue weighted by Gasteiger charge is 2.07. The second-order valence-electron chi connectivity index (χ2n) is 3.17. The van der Waals surface area contributed by atoms with E-state index in [1.54, 1.807) is 17.8 Å². The lowest BCUT2D eigenvalue weighted by atomic mass is 10.2. The average molecular weight is 206 g/mol. The summed E-state index contributed by atoms with van der Waals surface area (Å²) in [6, 6.07) is 7.67. The van der Waals surface area contributed by atoms with Gasteiger partial charge in [0, 0.05) is 10.1 Å². The Balaban J connectivity index is 2.94. The average Bonchev–Trinajstić information content (AvgIpc) is 2.21. The molecule has 0 aromatic heterocycles. The summed E-state index contributed by atoms with van der Waals surface area (Å²) in [6.07, 6.45) is 1.10. The molecule has 1 atom stereocenters. The first-order valence-corrected chi connectivity index (χ1v) is 5.52. The molecule has 14 heavy (non-hydrogen) atoms. The van der Waals surface area contributed by atoms with E-state index in [2.05, 4.69) is 19.9 Å². The fourth-order valence-corrected chi connectivity index (χ4v) is 2.04. The highest BCUT2D eigenvalue weighted by Crippen LogP contribution is 2.31. The van der Waals surface area contributed by atoms with Crippen molar-refractivity contribution in [3.8, 4) is 6.07 Å². The Kier molecular flexibility index (Phi) is 3.84. The van der Waals surface area contributed by atoms with Gasteiger partial charge < -0.3 is 5.73 Å². The zero-order chi connectivity index (χ0) is 10.6. The van der Waals surface area contributed by atoms with Gasteiger partial charge in [0.15, 0.2) is 0 Å². The van der Waals surface area contributed by atoms with E-state index in [9.17, 15) is 0 Å². The van der Waals surface area contributed by atoms with Crippen LogP contribution in [0.1, 0.15) is 25.8 Å². The lowest BCUT2D eigenvalue weighted by molar-refractivity contribution is 0.906. The summed E-state index contributed by atoms with van der Waals surface area (Å²) in [5, 5.41) is 9.33. The number of nitrogens with zero attached hydrogens (tertiary/aromatic N) is 1. The molecule has 0 fully saturated rings. The number of nitriles is 1. The molecule has 1 aromatic rings. The third-order valence-corrected chi connectivity index (χ3v) is 3.44. The maximum absolute atomic E-state index is 8.79. The molecule has 0 amide bonds. The Morgan fingerprint density at radius 3 is 2.86 bits per heavy atom. The molecule has 0 aliphatic rings. The molecule has 0 aliphatic heterocycles. The van der Waals surface area contributed by atoms with Crippen LogP contribution in [0.15, 0.2) is 23.1 Å². The van der Waals surface area contributed by atoms with Crippen molar-refractivity contribution >= 4 is 17.4 Å². The van der Waals surface area contributed by atoms with E-state index in [0.717, 1.165) is 11.3 Å². The summed E-state index contributed by atoms with van der Waals surface area (Å²) in [4.78, 5) is 1.01. The number of hydrogen-bond acceptors (Lipinski definition) is 3. The van der Waals surface area contributed by atoms with Crippen LogP contribution < -0.4 is 5.73 Å². The maximum Gasteiger partial charge on any atom is 0.101 e. The first-order chi connectivity index (χ1) is 6.69. The van der Waals surface area contributed by atoms with Crippen LogP contribution >= 0.6 is 11.8 Å². The number of hydrogen-bond donors (Lipinski definition) is 1. The summed E-state index contributed by atoms with van der Waals surface area (Å²) >= 11 is 1.72. The number of rotatable bonds is 3. The molecule has 74 valence electrons. The van der Waals surface area contributed by atoms with Crippen molar-refractivity contribution in [3.05, 3.63) is 23.8 Å². The molecule has 0 radical (unpaired) electrons. The van der Waals surface area contributed by atoms with Crippen LogP contribution in [0.5, 0.6) is 0 Å². The van der Waals surface area contributed by atoms with Crippen LogP contribution in [0.25, 0.3) is 0 Å². The van der Waals surface area contributed by atoms with Gasteiger partial charge in [-0.2, -0.15) is 5.26 Å². The highest BCUT2D eigenvalue weighted by molar-refractivity contribution is 8.00. The highest BCUT2D eigenvalue weighted by atomic mass is 32.2. The van der Waals surface area contributed by atoms with Crippen molar-refractivity contribution in [3.63, 3.8) is 0 Å². The maximum atomic E-state index is 8.79. The fourth-order valence-electron chi connectivity index (χ4n) is 1.04. The Hall–Kier alpha value is -1.14. The Bertz CT molecular complexity index is 355. The van der Waals surface area contributed by atoms with E-state index in [0.29, 0.717) is 16.5 Å². The van der Waals surface area contributed by atoms with E-state index in [4.69, 9.17) is 11.0 Å². The van der Waals surface area contributed by atoms with Crippen LogP contribution in [0.4, 0.5) is 5.69 Å². The second kappa shape index (κ2) is 4.92. The van der Waals surface area contributed by atoms with Crippen molar-refractivity contribution in [1.29, 1.82) is 5.26 Å². The monoisotopic (exact) mass is 206 g/mol. The fraction of sp³-hybridized carbons (Fsp3) is 0.364. The largest absolute Gasteiger partial charge is 0.397 e. The van der Waals surface area contributed by atoms with Gasteiger partial charge in [-0.15, -0.1) is 11.8 Å². The molecule has 1 unspecified atom stereocenters. The van der Waals surface area contributed by atoms with Crippen LogP contribution in [0.3, 0.4) is 0 Å². The summed E-state index contributed by atoms with van der Waals surface area (Å²) < 4.78 is 0. The minimum Gasteiger partial charge on any atom is -0.397 e. The third kappa shape index (κ3) is 2.43. The van der Waals surface area contributed by atoms with Crippen LogP contribution in [0.2, 0.25) is 0 Å². The zero-order valence-corrected chi connectivity index (χ0v) is 9.27. The SMILES string of the molecule is CCC(C)Sc1cccc(C#N)c1N. The van der Waals surface area contributed by atoms with Gasteiger partial charge in [-0.1, -0.05) is 19.9 Å². The predicted molar refractivity (Wildman–Crippen MR) is 61.2 cm³/mol. The van der Waals surface area contributed by atoms with Gasteiger partial charge in [0.2, 0.25) is 0 Å².